The molecule has 0 aliphatic heterocycles. The second-order valence-electron chi connectivity index (χ2n) is 4.96. The number of likely N-dealkylation sites (N-methyl/N-ethyl adjacent to an activating group) is 1. The summed E-state index contributed by atoms with van der Waals surface area (Å²) in [6.45, 7) is 6.22. The molecule has 3 N–H and O–H groups in total. The second-order valence-corrected chi connectivity index (χ2v) is 4.96. The van der Waals surface area contributed by atoms with Gasteiger partial charge in [0, 0.05) is 13.1 Å². The van der Waals surface area contributed by atoms with Crippen molar-refractivity contribution in [1.82, 2.24) is 5.32 Å². The van der Waals surface area contributed by atoms with E-state index < -0.39 is 6.10 Å². The third kappa shape index (κ3) is 5.27. The summed E-state index contributed by atoms with van der Waals surface area (Å²) in [5.74, 6) is 1.05. The maximum absolute atomic E-state index is 11.5. The molecular weight excluding hydrogens is 268 g/mol. The predicted molar refractivity (Wildman–Crippen MR) is 83.7 cm³/mol. The van der Waals surface area contributed by atoms with Gasteiger partial charge in [0.05, 0.1) is 6.61 Å². The molecule has 2 atom stereocenters. The smallest absolute Gasteiger partial charge is 0.260 e. The second kappa shape index (κ2) is 8.52. The molecule has 5 heteroatoms. The molecule has 1 aromatic carbocycles. The molecule has 0 spiro atoms. The first kappa shape index (κ1) is 17.3. The number of amides is 1. The molecule has 0 heterocycles. The van der Waals surface area contributed by atoms with Crippen molar-refractivity contribution < 1.29 is 14.3 Å². The summed E-state index contributed by atoms with van der Waals surface area (Å²) in [6.07, 6.45) is 1.15. The van der Waals surface area contributed by atoms with E-state index in [-0.39, 0.29) is 11.9 Å². The molecule has 1 rings (SSSR count). The van der Waals surface area contributed by atoms with Crippen LogP contribution in [0.3, 0.4) is 0 Å². The monoisotopic (exact) mass is 294 g/mol. The minimum atomic E-state index is -0.571. The highest BCUT2D eigenvalue weighted by Gasteiger charge is 2.16. The van der Waals surface area contributed by atoms with Gasteiger partial charge in [-0.2, -0.15) is 0 Å². The van der Waals surface area contributed by atoms with Crippen molar-refractivity contribution in [1.29, 1.82) is 0 Å². The van der Waals surface area contributed by atoms with E-state index in [4.69, 9.17) is 15.2 Å². The number of nitrogens with two attached hydrogens (primary N) is 1. The number of benzene rings is 1. The summed E-state index contributed by atoms with van der Waals surface area (Å²) in [4.78, 5) is 11.5. The quantitative estimate of drug-likeness (QED) is 0.768. The van der Waals surface area contributed by atoms with Gasteiger partial charge in [-0.3, -0.25) is 4.79 Å². The van der Waals surface area contributed by atoms with Crippen LogP contribution < -0.4 is 20.5 Å². The maximum atomic E-state index is 11.5. The molecular formula is C16H26N2O3. The third-order valence-corrected chi connectivity index (χ3v) is 3.25. The zero-order valence-electron chi connectivity index (χ0n) is 13.3. The topological polar surface area (TPSA) is 73.6 Å². The molecule has 2 unspecified atom stereocenters. The number of hydrogen-bond acceptors (Lipinski definition) is 4. The first-order valence-corrected chi connectivity index (χ1v) is 7.41. The van der Waals surface area contributed by atoms with E-state index in [1.807, 2.05) is 25.1 Å². The summed E-state index contributed by atoms with van der Waals surface area (Å²) in [5, 5.41) is 2.56. The van der Waals surface area contributed by atoms with Crippen molar-refractivity contribution in [3.05, 3.63) is 23.8 Å². The molecule has 0 aliphatic carbocycles. The minimum absolute atomic E-state index is 0.135. The fraction of sp³-hybridized carbons (Fsp3) is 0.562. The lowest BCUT2D eigenvalue weighted by atomic mass is 10.0. The maximum Gasteiger partial charge on any atom is 0.260 e. The van der Waals surface area contributed by atoms with Crippen LogP contribution in [0.15, 0.2) is 18.2 Å². The van der Waals surface area contributed by atoms with Crippen LogP contribution in [0.2, 0.25) is 0 Å². The van der Waals surface area contributed by atoms with Crippen molar-refractivity contribution in [2.24, 2.45) is 5.73 Å². The standard InChI is InChI=1S/C16H26N2O3/c1-5-13(17)9-12-7-8-14(15(10-12)20-6-2)21-11(3)16(19)18-4/h7-8,10-11,13H,5-6,9,17H2,1-4H3,(H,18,19). The Morgan fingerprint density at radius 1 is 1.33 bits per heavy atom. The van der Waals surface area contributed by atoms with Crippen molar-refractivity contribution in [2.75, 3.05) is 13.7 Å². The summed E-state index contributed by atoms with van der Waals surface area (Å²) >= 11 is 0. The average molecular weight is 294 g/mol. The minimum Gasteiger partial charge on any atom is -0.490 e. The normalized spacial score (nSPS) is 13.4. The van der Waals surface area contributed by atoms with Gasteiger partial charge in [0.1, 0.15) is 0 Å². The molecule has 1 amide bonds. The molecule has 118 valence electrons. The Kier molecular flexibility index (Phi) is 7.02. The Bertz CT molecular complexity index is 463. The van der Waals surface area contributed by atoms with Gasteiger partial charge < -0.3 is 20.5 Å². The summed E-state index contributed by atoms with van der Waals surface area (Å²) in [7, 11) is 1.58. The highest BCUT2D eigenvalue weighted by atomic mass is 16.5. The van der Waals surface area contributed by atoms with Crippen molar-refractivity contribution >= 4 is 5.91 Å². The highest BCUT2D eigenvalue weighted by molar-refractivity contribution is 5.80. The van der Waals surface area contributed by atoms with E-state index >= 15 is 0 Å². The SMILES string of the molecule is CCOc1cc(CC(N)CC)ccc1OC(C)C(=O)NC. The number of carbonyl (C=O) groups excluding carboxylic acids is 1. The molecule has 0 saturated carbocycles. The van der Waals surface area contributed by atoms with Crippen LogP contribution in [-0.4, -0.2) is 31.7 Å². The summed E-state index contributed by atoms with van der Waals surface area (Å²) in [6, 6.07) is 5.87. The largest absolute Gasteiger partial charge is 0.490 e. The van der Waals surface area contributed by atoms with E-state index in [0.717, 1.165) is 18.4 Å². The van der Waals surface area contributed by atoms with Crippen LogP contribution in [0.5, 0.6) is 11.5 Å². The third-order valence-electron chi connectivity index (χ3n) is 3.25. The zero-order chi connectivity index (χ0) is 15.8. The van der Waals surface area contributed by atoms with Gasteiger partial charge in [0.15, 0.2) is 17.6 Å². The van der Waals surface area contributed by atoms with Crippen LogP contribution in [0, 0.1) is 0 Å². The zero-order valence-corrected chi connectivity index (χ0v) is 13.3. The van der Waals surface area contributed by atoms with Crippen LogP contribution in [-0.2, 0) is 11.2 Å². The Hall–Kier alpha value is -1.75. The fourth-order valence-corrected chi connectivity index (χ4v) is 1.94. The van der Waals surface area contributed by atoms with Gasteiger partial charge in [-0.15, -0.1) is 0 Å². The molecule has 0 bridgehead atoms. The molecule has 0 radical (unpaired) electrons. The van der Waals surface area contributed by atoms with Crippen LogP contribution in [0.1, 0.15) is 32.8 Å². The van der Waals surface area contributed by atoms with Crippen molar-refractivity contribution in [2.45, 2.75) is 45.8 Å². The number of ether oxygens (including phenoxy) is 2. The van der Waals surface area contributed by atoms with E-state index in [1.54, 1.807) is 14.0 Å². The van der Waals surface area contributed by atoms with Crippen LogP contribution in [0.4, 0.5) is 0 Å². The number of nitrogens with one attached hydrogen (secondary N) is 1. The summed E-state index contributed by atoms with van der Waals surface area (Å²) in [5.41, 5.74) is 7.08. The van der Waals surface area contributed by atoms with Gasteiger partial charge in [0.2, 0.25) is 0 Å². The lowest BCUT2D eigenvalue weighted by Crippen LogP contribution is -2.33. The highest BCUT2D eigenvalue weighted by Crippen LogP contribution is 2.30. The Labute approximate surface area is 126 Å². The van der Waals surface area contributed by atoms with Gasteiger partial charge >= 0.3 is 0 Å². The Morgan fingerprint density at radius 2 is 2.05 bits per heavy atom. The number of rotatable bonds is 8. The Morgan fingerprint density at radius 3 is 2.62 bits per heavy atom. The van der Waals surface area contributed by atoms with Crippen molar-refractivity contribution in [3.63, 3.8) is 0 Å². The van der Waals surface area contributed by atoms with Crippen molar-refractivity contribution in [3.8, 4) is 11.5 Å². The molecule has 21 heavy (non-hydrogen) atoms. The predicted octanol–water partition coefficient (Wildman–Crippen LogP) is 1.88. The molecule has 0 aliphatic rings. The average Bonchev–Trinajstić information content (AvgIpc) is 2.48. The Balaban J connectivity index is 2.90. The fourth-order valence-electron chi connectivity index (χ4n) is 1.94. The van der Waals surface area contributed by atoms with Crippen LogP contribution >= 0.6 is 0 Å². The first-order valence-electron chi connectivity index (χ1n) is 7.41. The summed E-state index contributed by atoms with van der Waals surface area (Å²) < 4.78 is 11.3. The lowest BCUT2D eigenvalue weighted by molar-refractivity contribution is -0.126. The van der Waals surface area contributed by atoms with E-state index in [9.17, 15) is 4.79 Å². The number of hydrogen-bond donors (Lipinski definition) is 2. The van der Waals surface area contributed by atoms with E-state index in [2.05, 4.69) is 12.2 Å². The van der Waals surface area contributed by atoms with Crippen LogP contribution in [0.25, 0.3) is 0 Å². The number of carbonyl (C=O) groups is 1. The molecule has 5 nitrogen and oxygen atoms in total. The first-order chi connectivity index (χ1) is 10.0. The molecule has 1 aromatic rings. The molecule has 0 aromatic heterocycles. The van der Waals surface area contributed by atoms with E-state index in [0.29, 0.717) is 18.1 Å². The molecule has 0 fully saturated rings. The molecule has 0 saturated heterocycles. The lowest BCUT2D eigenvalue weighted by Gasteiger charge is -2.18. The van der Waals surface area contributed by atoms with Gasteiger partial charge in [-0.25, -0.2) is 0 Å². The van der Waals surface area contributed by atoms with Gasteiger partial charge in [-0.1, -0.05) is 13.0 Å². The van der Waals surface area contributed by atoms with Gasteiger partial charge in [0.25, 0.3) is 5.91 Å². The van der Waals surface area contributed by atoms with E-state index in [1.165, 1.54) is 0 Å². The van der Waals surface area contributed by atoms with Gasteiger partial charge in [-0.05, 0) is 44.4 Å².